The third-order valence-electron chi connectivity index (χ3n) is 2.88. The van der Waals surface area contributed by atoms with Crippen molar-refractivity contribution in [2.24, 2.45) is 0 Å². The predicted molar refractivity (Wildman–Crippen MR) is 75.1 cm³/mol. The maximum Gasteiger partial charge on any atom is 0.244 e. The summed E-state index contributed by atoms with van der Waals surface area (Å²) in [5.74, 6) is 0. The van der Waals surface area contributed by atoms with Crippen LogP contribution in [0, 0.1) is 13.8 Å². The fraction of sp³-hybridized carbons (Fsp3) is 0.750. The number of rotatable bonds is 8. The summed E-state index contributed by atoms with van der Waals surface area (Å²) < 4.78 is 33.9. The smallest absolute Gasteiger partial charge is 0.244 e. The van der Waals surface area contributed by atoms with E-state index in [1.807, 2.05) is 0 Å². The quantitative estimate of drug-likeness (QED) is 0.715. The van der Waals surface area contributed by atoms with Gasteiger partial charge in [0.15, 0.2) is 0 Å². The molecule has 1 aromatic heterocycles. The van der Waals surface area contributed by atoms with Gasteiger partial charge in [-0.05, 0) is 27.2 Å². The van der Waals surface area contributed by atoms with Crippen LogP contribution in [0.3, 0.4) is 0 Å². The van der Waals surface area contributed by atoms with Crippen LogP contribution in [0.4, 0.5) is 0 Å². The van der Waals surface area contributed by atoms with Crippen molar-refractivity contribution in [3.63, 3.8) is 0 Å². The highest BCUT2D eigenvalue weighted by molar-refractivity contribution is 7.89. The lowest BCUT2D eigenvalue weighted by molar-refractivity contribution is 0.180. The Morgan fingerprint density at radius 1 is 1.45 bits per heavy atom. The second-order valence-electron chi connectivity index (χ2n) is 4.78. The monoisotopic (exact) mass is 305 g/mol. The number of ether oxygens (including phenoxy) is 1. The molecule has 0 aliphatic heterocycles. The molecule has 116 valence electrons. The van der Waals surface area contributed by atoms with Crippen molar-refractivity contribution < 1.29 is 18.3 Å². The molecule has 1 atom stereocenters. The number of methoxy groups -OCH3 is 1. The third kappa shape index (κ3) is 4.02. The van der Waals surface area contributed by atoms with Gasteiger partial charge in [-0.15, -0.1) is 0 Å². The minimum Gasteiger partial charge on any atom is -0.396 e. The van der Waals surface area contributed by atoms with Crippen LogP contribution in [0.15, 0.2) is 4.90 Å². The molecule has 7 nitrogen and oxygen atoms in total. The first-order valence-corrected chi connectivity index (χ1v) is 7.98. The Hall–Kier alpha value is -0.960. The van der Waals surface area contributed by atoms with E-state index >= 15 is 0 Å². The molecule has 8 heteroatoms. The van der Waals surface area contributed by atoms with Gasteiger partial charge in [0.05, 0.1) is 18.0 Å². The zero-order valence-electron chi connectivity index (χ0n) is 12.4. The van der Waals surface area contributed by atoms with E-state index in [2.05, 4.69) is 9.82 Å². The van der Waals surface area contributed by atoms with Crippen molar-refractivity contribution >= 4 is 10.0 Å². The summed E-state index contributed by atoms with van der Waals surface area (Å²) in [6.45, 7) is 5.96. The zero-order chi connectivity index (χ0) is 15.3. The summed E-state index contributed by atoms with van der Waals surface area (Å²) in [5, 5.41) is 13.1. The Bertz CT molecular complexity index is 539. The van der Waals surface area contributed by atoms with Gasteiger partial charge in [0.2, 0.25) is 10.0 Å². The molecule has 0 spiro atoms. The minimum absolute atomic E-state index is 0.0452. The Labute approximate surface area is 120 Å². The molecular weight excluding hydrogens is 282 g/mol. The van der Waals surface area contributed by atoms with Crippen molar-refractivity contribution in [1.29, 1.82) is 0 Å². The lowest BCUT2D eigenvalue weighted by atomic mass is 10.4. The molecule has 0 aromatic carbocycles. The summed E-state index contributed by atoms with van der Waals surface area (Å²) >= 11 is 0. The molecule has 1 aromatic rings. The molecule has 0 amide bonds. The number of hydrogen-bond acceptors (Lipinski definition) is 5. The van der Waals surface area contributed by atoms with Crippen LogP contribution >= 0.6 is 0 Å². The van der Waals surface area contributed by atoms with Gasteiger partial charge in [-0.3, -0.25) is 4.68 Å². The van der Waals surface area contributed by atoms with Crippen molar-refractivity contribution in [3.8, 4) is 0 Å². The van der Waals surface area contributed by atoms with Gasteiger partial charge in [0.1, 0.15) is 4.90 Å². The molecule has 0 bridgehead atoms. The highest BCUT2D eigenvalue weighted by atomic mass is 32.2. The van der Waals surface area contributed by atoms with Gasteiger partial charge in [-0.1, -0.05) is 0 Å². The van der Waals surface area contributed by atoms with Gasteiger partial charge in [0, 0.05) is 26.3 Å². The molecule has 0 saturated heterocycles. The molecule has 0 aliphatic carbocycles. The lowest BCUT2D eigenvalue weighted by Gasteiger charge is -2.13. The first kappa shape index (κ1) is 17.1. The highest BCUT2D eigenvalue weighted by Gasteiger charge is 2.25. The Morgan fingerprint density at radius 2 is 2.10 bits per heavy atom. The van der Waals surface area contributed by atoms with Crippen LogP contribution in [-0.4, -0.2) is 49.7 Å². The molecule has 0 radical (unpaired) electrons. The minimum atomic E-state index is -3.62. The zero-order valence-corrected chi connectivity index (χ0v) is 13.2. The van der Waals surface area contributed by atoms with Crippen LogP contribution in [0.25, 0.3) is 0 Å². The van der Waals surface area contributed by atoms with E-state index in [4.69, 9.17) is 9.84 Å². The molecule has 20 heavy (non-hydrogen) atoms. The van der Waals surface area contributed by atoms with Crippen LogP contribution in [0.1, 0.15) is 24.7 Å². The molecular formula is C12H23N3O4S. The number of nitrogens with zero attached hydrogens (tertiary/aromatic N) is 2. The molecule has 0 fully saturated rings. The summed E-state index contributed by atoms with van der Waals surface area (Å²) in [6.07, 6.45) is 0.537. The Balaban J connectivity index is 3.03. The second kappa shape index (κ2) is 7.16. The van der Waals surface area contributed by atoms with Gasteiger partial charge in [-0.2, -0.15) is 5.10 Å². The van der Waals surface area contributed by atoms with Crippen molar-refractivity contribution in [2.75, 3.05) is 20.3 Å². The van der Waals surface area contributed by atoms with E-state index in [0.717, 1.165) is 0 Å². The summed E-state index contributed by atoms with van der Waals surface area (Å²) in [6, 6.07) is -0.315. The number of aromatic nitrogens is 2. The van der Waals surface area contributed by atoms with E-state index in [1.165, 1.54) is 7.11 Å². The molecule has 1 unspecified atom stereocenters. The Morgan fingerprint density at radius 3 is 2.65 bits per heavy atom. The van der Waals surface area contributed by atoms with E-state index in [-0.39, 0.29) is 17.5 Å². The van der Waals surface area contributed by atoms with Crippen LogP contribution in [0.2, 0.25) is 0 Å². The lowest BCUT2D eigenvalue weighted by Crippen LogP contribution is -2.36. The standard InChI is InChI=1S/C12H23N3O4S/c1-9(8-19-4)14-20(17,18)12-10(2)13-15(11(12)3)6-5-7-16/h9,14,16H,5-8H2,1-4H3. The summed E-state index contributed by atoms with van der Waals surface area (Å²) in [5.41, 5.74) is 1.03. The summed E-state index contributed by atoms with van der Waals surface area (Å²) in [4.78, 5) is 0.207. The van der Waals surface area contributed by atoms with E-state index in [0.29, 0.717) is 31.0 Å². The van der Waals surface area contributed by atoms with Crippen LogP contribution < -0.4 is 4.72 Å². The largest absolute Gasteiger partial charge is 0.396 e. The van der Waals surface area contributed by atoms with Gasteiger partial charge < -0.3 is 9.84 Å². The average molecular weight is 305 g/mol. The Kier molecular flexibility index (Phi) is 6.12. The fourth-order valence-electron chi connectivity index (χ4n) is 2.12. The fourth-order valence-corrected chi connectivity index (χ4v) is 3.76. The number of hydrogen-bond donors (Lipinski definition) is 2. The molecule has 1 rings (SSSR count). The van der Waals surface area contributed by atoms with Crippen molar-refractivity contribution in [2.45, 2.75) is 44.7 Å². The van der Waals surface area contributed by atoms with Crippen LogP contribution in [-0.2, 0) is 21.3 Å². The number of aryl methyl sites for hydroxylation is 2. The maximum absolute atomic E-state index is 12.4. The summed E-state index contributed by atoms with van der Waals surface area (Å²) in [7, 11) is -2.10. The third-order valence-corrected chi connectivity index (χ3v) is 4.73. The molecule has 0 aliphatic rings. The first-order valence-electron chi connectivity index (χ1n) is 6.49. The van der Waals surface area contributed by atoms with Gasteiger partial charge in [-0.25, -0.2) is 13.1 Å². The molecule has 0 saturated carbocycles. The number of nitrogens with one attached hydrogen (secondary N) is 1. The molecule has 1 heterocycles. The van der Waals surface area contributed by atoms with E-state index < -0.39 is 10.0 Å². The predicted octanol–water partition coefficient (Wildman–Crippen LogP) is 0.196. The van der Waals surface area contributed by atoms with E-state index in [9.17, 15) is 8.42 Å². The first-order chi connectivity index (χ1) is 9.33. The van der Waals surface area contributed by atoms with Crippen molar-refractivity contribution in [1.82, 2.24) is 14.5 Å². The number of aliphatic hydroxyl groups excluding tert-OH is 1. The topological polar surface area (TPSA) is 93.5 Å². The van der Waals surface area contributed by atoms with E-state index in [1.54, 1.807) is 25.5 Å². The van der Waals surface area contributed by atoms with Gasteiger partial charge in [0.25, 0.3) is 0 Å². The normalized spacial score (nSPS) is 13.7. The van der Waals surface area contributed by atoms with Crippen LogP contribution in [0.5, 0.6) is 0 Å². The average Bonchev–Trinajstić information content (AvgIpc) is 2.61. The SMILES string of the molecule is COCC(C)NS(=O)(=O)c1c(C)nn(CCCO)c1C. The van der Waals surface area contributed by atoms with Crippen molar-refractivity contribution in [3.05, 3.63) is 11.4 Å². The van der Waals surface area contributed by atoms with Gasteiger partial charge >= 0.3 is 0 Å². The highest BCUT2D eigenvalue weighted by Crippen LogP contribution is 2.19. The second-order valence-corrected chi connectivity index (χ2v) is 6.43. The maximum atomic E-state index is 12.4. The number of aliphatic hydroxyl groups is 1. The molecule has 2 N–H and O–H groups in total. The number of sulfonamides is 1.